The molecule has 0 radical (unpaired) electrons. The Morgan fingerprint density at radius 1 is 0.283 bits per heavy atom. The van der Waals surface area contributed by atoms with E-state index in [1.54, 1.807) is 0 Å². The molecule has 0 saturated heterocycles. The van der Waals surface area contributed by atoms with Crippen molar-refractivity contribution in [3.05, 3.63) is 229 Å². The highest BCUT2D eigenvalue weighted by atomic mass is 16.3. The highest BCUT2D eigenvalue weighted by Crippen LogP contribution is 2.65. The molecule has 0 atom stereocenters. The molecule has 0 unspecified atom stereocenters. The van der Waals surface area contributed by atoms with Gasteiger partial charge in [0, 0.05) is 10.8 Å². The summed E-state index contributed by atoms with van der Waals surface area (Å²) < 4.78 is 6.26. The van der Waals surface area contributed by atoms with Crippen LogP contribution < -0.4 is 0 Å². The number of furan rings is 1. The van der Waals surface area contributed by atoms with Gasteiger partial charge in [-0.15, -0.1) is 0 Å². The molecule has 0 aliphatic heterocycles. The fourth-order valence-corrected chi connectivity index (χ4v) is 11.5. The van der Waals surface area contributed by atoms with E-state index in [0.29, 0.717) is 0 Å². The summed E-state index contributed by atoms with van der Waals surface area (Å²) in [5.41, 5.74) is 17.1. The third-order valence-corrected chi connectivity index (χ3v) is 13.8. The van der Waals surface area contributed by atoms with E-state index in [2.05, 4.69) is 200 Å². The second kappa shape index (κ2) is 11.7. The van der Waals surface area contributed by atoms with Gasteiger partial charge in [0.1, 0.15) is 11.2 Å². The van der Waals surface area contributed by atoms with Crippen LogP contribution in [0.2, 0.25) is 0 Å². The predicted molar refractivity (Wildman–Crippen MR) is 251 cm³/mol. The molecule has 1 spiro atoms. The summed E-state index contributed by atoms with van der Waals surface area (Å²) in [6, 6.07) is 76.9. The van der Waals surface area contributed by atoms with Crippen LogP contribution in [0.1, 0.15) is 22.3 Å². The van der Waals surface area contributed by atoms with E-state index < -0.39 is 5.41 Å². The van der Waals surface area contributed by atoms with Crippen molar-refractivity contribution >= 4 is 65.0 Å². The van der Waals surface area contributed by atoms with E-state index >= 15 is 0 Å². The first-order valence-electron chi connectivity index (χ1n) is 20.9. The number of rotatable bonds is 2. The van der Waals surface area contributed by atoms with Crippen molar-refractivity contribution in [1.29, 1.82) is 0 Å². The van der Waals surface area contributed by atoms with Crippen LogP contribution >= 0.6 is 0 Å². The first-order valence-corrected chi connectivity index (χ1v) is 20.9. The average molecular weight is 759 g/mol. The van der Waals surface area contributed by atoms with Crippen molar-refractivity contribution < 1.29 is 4.42 Å². The Labute approximate surface area is 346 Å². The maximum absolute atomic E-state index is 6.26. The molecule has 1 nitrogen and oxygen atoms in total. The molecule has 0 bridgehead atoms. The Hall–Kier alpha value is -7.74. The van der Waals surface area contributed by atoms with Crippen LogP contribution in [0.3, 0.4) is 0 Å². The van der Waals surface area contributed by atoms with Gasteiger partial charge < -0.3 is 4.42 Å². The van der Waals surface area contributed by atoms with Gasteiger partial charge in [0.05, 0.1) is 5.41 Å². The number of benzene rings is 11. The molecule has 1 aromatic heterocycles. The van der Waals surface area contributed by atoms with Crippen molar-refractivity contribution in [2.75, 3.05) is 0 Å². The van der Waals surface area contributed by atoms with Crippen molar-refractivity contribution in [3.8, 4) is 44.5 Å². The van der Waals surface area contributed by atoms with Gasteiger partial charge in [-0.25, -0.2) is 0 Å². The van der Waals surface area contributed by atoms with E-state index in [-0.39, 0.29) is 0 Å². The van der Waals surface area contributed by atoms with E-state index in [0.717, 1.165) is 21.9 Å². The largest absolute Gasteiger partial charge is 0.456 e. The molecular formula is C59H34O. The maximum Gasteiger partial charge on any atom is 0.135 e. The van der Waals surface area contributed by atoms with Gasteiger partial charge in [-0.1, -0.05) is 182 Å². The summed E-state index contributed by atoms with van der Waals surface area (Å²) in [5, 5.41) is 12.4. The van der Waals surface area contributed by atoms with Crippen molar-refractivity contribution in [1.82, 2.24) is 0 Å². The summed E-state index contributed by atoms with van der Waals surface area (Å²) in [6.07, 6.45) is 0. The highest BCUT2D eigenvalue weighted by molar-refractivity contribution is 6.23. The molecule has 0 fully saturated rings. The second-order valence-electron chi connectivity index (χ2n) is 16.6. The van der Waals surface area contributed by atoms with E-state index in [9.17, 15) is 0 Å². The number of para-hydroxylation sites is 1. The Kier molecular flexibility index (Phi) is 6.28. The lowest BCUT2D eigenvalue weighted by molar-refractivity contribution is 0.669. The summed E-state index contributed by atoms with van der Waals surface area (Å²) in [5.74, 6) is 0. The SMILES string of the molecule is c1ccc2c(c1)-c1ccccc1C21c2c(ccc3ccccc23)-c2ccc3cc(-c4c5ccccc5c(-c5ccc6oc7ccccc7c6c5)c5ccccc45)ccc3c21. The standard InChI is InChI=1S/C59H34O/c1-2-14-39-35(13-1)25-30-48-49-31-26-36-33-37(27-29-40(36)58(49)59(57(39)48)51-22-10-7-15-41(51)42-16-8-11-23-52(42)59)55-44-18-3-5-20-46(44)56(47-21-6-4-19-45(47)55)38-28-32-54-50(34-38)43-17-9-12-24-53(43)60-54/h1-34H. The summed E-state index contributed by atoms with van der Waals surface area (Å²) in [6.45, 7) is 0. The zero-order valence-electron chi connectivity index (χ0n) is 32.5. The molecule has 0 amide bonds. The quantitative estimate of drug-likeness (QED) is 0.160. The van der Waals surface area contributed by atoms with Crippen molar-refractivity contribution in [3.63, 3.8) is 0 Å². The minimum absolute atomic E-state index is 0.456. The van der Waals surface area contributed by atoms with Crippen LogP contribution in [-0.4, -0.2) is 0 Å². The predicted octanol–water partition coefficient (Wildman–Crippen LogP) is 15.9. The molecule has 276 valence electrons. The van der Waals surface area contributed by atoms with Crippen molar-refractivity contribution in [2.45, 2.75) is 5.41 Å². The van der Waals surface area contributed by atoms with Gasteiger partial charge in [-0.2, -0.15) is 0 Å². The first kappa shape index (κ1) is 32.2. The molecule has 14 rings (SSSR count). The van der Waals surface area contributed by atoms with E-state index in [1.807, 2.05) is 6.07 Å². The number of hydrogen-bond donors (Lipinski definition) is 0. The lowest BCUT2D eigenvalue weighted by Crippen LogP contribution is -2.26. The Balaban J connectivity index is 1.04. The van der Waals surface area contributed by atoms with Crippen LogP contribution in [0, 0.1) is 0 Å². The fraction of sp³-hybridized carbons (Fsp3) is 0.0169. The van der Waals surface area contributed by atoms with Gasteiger partial charge in [0.25, 0.3) is 0 Å². The monoisotopic (exact) mass is 758 g/mol. The first-order chi connectivity index (χ1) is 29.8. The zero-order chi connectivity index (χ0) is 39.1. The van der Waals surface area contributed by atoms with Gasteiger partial charge in [0.2, 0.25) is 0 Å². The molecule has 1 heteroatoms. The normalized spacial score (nSPS) is 13.5. The molecule has 12 aromatic rings. The topological polar surface area (TPSA) is 13.1 Å². The zero-order valence-corrected chi connectivity index (χ0v) is 32.5. The second-order valence-corrected chi connectivity index (χ2v) is 16.6. The highest BCUT2D eigenvalue weighted by Gasteiger charge is 2.53. The van der Waals surface area contributed by atoms with Gasteiger partial charge in [-0.05, 0) is 134 Å². The third kappa shape index (κ3) is 4.02. The van der Waals surface area contributed by atoms with Crippen LogP contribution in [0.15, 0.2) is 211 Å². The van der Waals surface area contributed by atoms with Gasteiger partial charge >= 0.3 is 0 Å². The number of hydrogen-bond acceptors (Lipinski definition) is 1. The molecule has 60 heavy (non-hydrogen) atoms. The van der Waals surface area contributed by atoms with Crippen molar-refractivity contribution in [2.24, 2.45) is 0 Å². The Bertz CT molecular complexity index is 3740. The van der Waals surface area contributed by atoms with Gasteiger partial charge in [0.15, 0.2) is 0 Å². The van der Waals surface area contributed by atoms with Crippen LogP contribution in [0.5, 0.6) is 0 Å². The van der Waals surface area contributed by atoms with Gasteiger partial charge in [-0.3, -0.25) is 0 Å². The van der Waals surface area contributed by atoms with E-state index in [1.165, 1.54) is 110 Å². The lowest BCUT2D eigenvalue weighted by atomic mass is 9.68. The van der Waals surface area contributed by atoms with Crippen LogP contribution in [0.25, 0.3) is 110 Å². The fourth-order valence-electron chi connectivity index (χ4n) is 11.5. The smallest absolute Gasteiger partial charge is 0.135 e. The van der Waals surface area contributed by atoms with Crippen LogP contribution in [-0.2, 0) is 5.41 Å². The Morgan fingerprint density at radius 3 is 1.40 bits per heavy atom. The molecule has 2 aliphatic rings. The molecule has 11 aromatic carbocycles. The summed E-state index contributed by atoms with van der Waals surface area (Å²) >= 11 is 0. The molecule has 0 saturated carbocycles. The molecular weight excluding hydrogens is 725 g/mol. The summed E-state index contributed by atoms with van der Waals surface area (Å²) in [4.78, 5) is 0. The minimum Gasteiger partial charge on any atom is -0.456 e. The number of fused-ring (bicyclic) bond motifs is 19. The lowest BCUT2D eigenvalue weighted by Gasteiger charge is -2.32. The molecule has 0 N–H and O–H groups in total. The van der Waals surface area contributed by atoms with E-state index in [4.69, 9.17) is 4.42 Å². The molecule has 2 aliphatic carbocycles. The third-order valence-electron chi connectivity index (χ3n) is 13.8. The molecule has 1 heterocycles. The minimum atomic E-state index is -0.456. The van der Waals surface area contributed by atoms with Crippen LogP contribution in [0.4, 0.5) is 0 Å². The maximum atomic E-state index is 6.26. The summed E-state index contributed by atoms with van der Waals surface area (Å²) in [7, 11) is 0. The Morgan fingerprint density at radius 2 is 0.750 bits per heavy atom. The average Bonchev–Trinajstić information content (AvgIpc) is 3.94.